The van der Waals surface area contributed by atoms with Crippen molar-refractivity contribution in [3.8, 4) is 11.5 Å². The maximum Gasteiger partial charge on any atom is 0.271 e. The van der Waals surface area contributed by atoms with Gasteiger partial charge >= 0.3 is 0 Å². The first-order valence-corrected chi connectivity index (χ1v) is 11.1. The fourth-order valence-electron chi connectivity index (χ4n) is 2.84. The van der Waals surface area contributed by atoms with Crippen LogP contribution in [-0.4, -0.2) is 27.5 Å². The number of amides is 1. The zero-order valence-electron chi connectivity index (χ0n) is 15.5. The molecule has 2 heterocycles. The lowest BCUT2D eigenvalue weighted by molar-refractivity contribution is 0.102. The molecule has 3 aromatic rings. The van der Waals surface area contributed by atoms with E-state index in [2.05, 4.69) is 10.0 Å². The molecular weight excluding hydrogens is 412 g/mol. The Morgan fingerprint density at radius 3 is 2.52 bits per heavy atom. The smallest absolute Gasteiger partial charge is 0.271 e. The van der Waals surface area contributed by atoms with Crippen LogP contribution in [0.15, 0.2) is 58.8 Å². The summed E-state index contributed by atoms with van der Waals surface area (Å²) < 4.78 is 39.0. The van der Waals surface area contributed by atoms with Crippen LogP contribution in [0.1, 0.15) is 15.2 Å². The molecule has 9 heteroatoms. The highest BCUT2D eigenvalue weighted by Gasteiger charge is 2.20. The van der Waals surface area contributed by atoms with Crippen LogP contribution < -0.4 is 19.5 Å². The minimum atomic E-state index is -3.78. The molecule has 7 nitrogen and oxygen atoms in total. The van der Waals surface area contributed by atoms with Crippen molar-refractivity contribution < 1.29 is 22.7 Å². The van der Waals surface area contributed by atoms with Gasteiger partial charge in [-0.15, -0.1) is 11.3 Å². The van der Waals surface area contributed by atoms with Gasteiger partial charge in [0.15, 0.2) is 11.5 Å². The highest BCUT2D eigenvalue weighted by Crippen LogP contribution is 2.33. The van der Waals surface area contributed by atoms with Gasteiger partial charge in [-0.2, -0.15) is 0 Å². The summed E-state index contributed by atoms with van der Waals surface area (Å²) in [6.07, 6.45) is 0. The molecule has 0 spiro atoms. The third-order valence-corrected chi connectivity index (χ3v) is 7.05. The number of aryl methyl sites for hydroxylation is 1. The monoisotopic (exact) mass is 430 g/mol. The third-order valence-electron chi connectivity index (χ3n) is 4.20. The molecule has 150 valence electrons. The number of fused-ring (bicyclic) bond motifs is 1. The number of sulfonamides is 1. The number of ether oxygens (including phenoxy) is 2. The Balaban J connectivity index is 1.57. The number of para-hydroxylation sites is 1. The quantitative estimate of drug-likeness (QED) is 0.641. The number of carbonyl (C=O) groups is 1. The van der Waals surface area contributed by atoms with E-state index in [9.17, 15) is 13.2 Å². The molecule has 0 radical (unpaired) electrons. The van der Waals surface area contributed by atoms with E-state index in [4.69, 9.17) is 9.47 Å². The molecule has 0 fully saturated rings. The van der Waals surface area contributed by atoms with Crippen LogP contribution >= 0.6 is 11.3 Å². The average Bonchev–Trinajstić information content (AvgIpc) is 3.15. The van der Waals surface area contributed by atoms with Crippen molar-refractivity contribution in [1.29, 1.82) is 0 Å². The largest absolute Gasteiger partial charge is 0.486 e. The molecule has 0 bridgehead atoms. The first-order chi connectivity index (χ1) is 13.9. The van der Waals surface area contributed by atoms with Crippen molar-refractivity contribution >= 4 is 38.6 Å². The Hall–Kier alpha value is -3.04. The highest BCUT2D eigenvalue weighted by molar-refractivity contribution is 7.94. The summed E-state index contributed by atoms with van der Waals surface area (Å²) in [4.78, 5) is 13.7. The minimum absolute atomic E-state index is 0.192. The first kappa shape index (κ1) is 19.3. The summed E-state index contributed by atoms with van der Waals surface area (Å²) in [6, 6.07) is 14.8. The summed E-state index contributed by atoms with van der Waals surface area (Å²) in [7, 11) is -3.78. The van der Waals surface area contributed by atoms with Gasteiger partial charge in [0.25, 0.3) is 15.9 Å². The maximum absolute atomic E-state index is 12.8. The van der Waals surface area contributed by atoms with E-state index in [0.717, 1.165) is 4.88 Å². The second-order valence-corrected chi connectivity index (χ2v) is 9.53. The van der Waals surface area contributed by atoms with Crippen molar-refractivity contribution in [2.75, 3.05) is 23.3 Å². The van der Waals surface area contributed by atoms with Crippen LogP contribution in [0.3, 0.4) is 0 Å². The number of carbonyl (C=O) groups excluding carboxylic acids is 1. The lowest BCUT2D eigenvalue weighted by Gasteiger charge is -2.19. The summed E-state index contributed by atoms with van der Waals surface area (Å²) >= 11 is 1.17. The molecule has 1 aromatic heterocycles. The molecular formula is C20H18N2O5S2. The van der Waals surface area contributed by atoms with E-state index in [1.165, 1.54) is 11.3 Å². The Labute approximate surface area is 172 Å². The Kier molecular flexibility index (Phi) is 5.16. The molecule has 1 aliphatic rings. The fourth-order valence-corrected chi connectivity index (χ4v) is 5.20. The number of nitrogens with one attached hydrogen (secondary N) is 2. The molecule has 4 rings (SSSR count). The Bertz CT molecular complexity index is 1170. The maximum atomic E-state index is 12.8. The van der Waals surface area contributed by atoms with E-state index in [-0.39, 0.29) is 15.5 Å². The summed E-state index contributed by atoms with van der Waals surface area (Å²) in [5.74, 6) is 0.729. The van der Waals surface area contributed by atoms with Gasteiger partial charge in [0.2, 0.25) is 0 Å². The van der Waals surface area contributed by atoms with Gasteiger partial charge in [-0.05, 0) is 43.3 Å². The van der Waals surface area contributed by atoms with Gasteiger partial charge in [0.1, 0.15) is 17.4 Å². The van der Waals surface area contributed by atoms with Gasteiger partial charge in [0, 0.05) is 16.6 Å². The van der Waals surface area contributed by atoms with Crippen LogP contribution in [0.5, 0.6) is 11.5 Å². The highest BCUT2D eigenvalue weighted by atomic mass is 32.2. The summed E-state index contributed by atoms with van der Waals surface area (Å²) in [5, 5.41) is 2.77. The summed E-state index contributed by atoms with van der Waals surface area (Å²) in [5.41, 5.74) is 0.929. The zero-order chi connectivity index (χ0) is 20.4. The van der Waals surface area contributed by atoms with E-state index >= 15 is 0 Å². The molecule has 0 unspecified atom stereocenters. The molecule has 2 N–H and O–H groups in total. The summed E-state index contributed by atoms with van der Waals surface area (Å²) in [6.45, 7) is 2.76. The second-order valence-electron chi connectivity index (χ2n) is 6.33. The predicted octanol–water partition coefficient (Wildman–Crippen LogP) is 3.88. The van der Waals surface area contributed by atoms with E-state index in [0.29, 0.717) is 30.4 Å². The minimum Gasteiger partial charge on any atom is -0.486 e. The average molecular weight is 431 g/mol. The molecule has 1 aliphatic heterocycles. The van der Waals surface area contributed by atoms with Gasteiger partial charge in [-0.1, -0.05) is 12.1 Å². The van der Waals surface area contributed by atoms with Crippen LogP contribution in [0, 0.1) is 6.92 Å². The molecule has 0 atom stereocenters. The predicted molar refractivity (Wildman–Crippen MR) is 112 cm³/mol. The molecule has 1 amide bonds. The van der Waals surface area contributed by atoms with E-state index in [1.807, 2.05) is 6.92 Å². The normalized spacial score (nSPS) is 13.0. The fraction of sp³-hybridized carbons (Fsp3) is 0.150. The third kappa shape index (κ3) is 4.20. The SMILES string of the molecule is Cc1ccc(S(=O)(=O)Nc2ccccc2C(=O)Nc2ccc3c(c2)OCCO3)s1. The molecule has 0 saturated carbocycles. The van der Waals surface area contributed by atoms with Gasteiger partial charge in [-0.25, -0.2) is 8.42 Å². The first-order valence-electron chi connectivity index (χ1n) is 8.82. The van der Waals surface area contributed by atoms with E-state index in [1.54, 1.807) is 54.6 Å². The number of rotatable bonds is 5. The lowest BCUT2D eigenvalue weighted by atomic mass is 10.1. The van der Waals surface area contributed by atoms with Crippen molar-refractivity contribution in [3.63, 3.8) is 0 Å². The van der Waals surface area contributed by atoms with Crippen LogP contribution in [0.25, 0.3) is 0 Å². The molecule has 0 aliphatic carbocycles. The van der Waals surface area contributed by atoms with Gasteiger partial charge in [-0.3, -0.25) is 9.52 Å². The van der Waals surface area contributed by atoms with Crippen LogP contribution in [0.2, 0.25) is 0 Å². The van der Waals surface area contributed by atoms with Crippen molar-refractivity contribution in [2.24, 2.45) is 0 Å². The van der Waals surface area contributed by atoms with Crippen molar-refractivity contribution in [2.45, 2.75) is 11.1 Å². The van der Waals surface area contributed by atoms with Crippen molar-refractivity contribution in [3.05, 3.63) is 65.0 Å². The van der Waals surface area contributed by atoms with Gasteiger partial charge in [0.05, 0.1) is 11.3 Å². The molecule has 0 saturated heterocycles. The second kappa shape index (κ2) is 7.76. The zero-order valence-corrected chi connectivity index (χ0v) is 17.1. The number of benzene rings is 2. The van der Waals surface area contributed by atoms with Crippen LogP contribution in [0.4, 0.5) is 11.4 Å². The molecule has 2 aromatic carbocycles. The number of anilines is 2. The standard InChI is InChI=1S/C20H18N2O5S2/c1-13-6-9-19(28-13)29(24,25)22-16-5-3-2-4-15(16)20(23)21-14-7-8-17-18(12-14)27-11-10-26-17/h2-9,12,22H,10-11H2,1H3,(H,21,23). The number of hydrogen-bond acceptors (Lipinski definition) is 6. The van der Waals surface area contributed by atoms with E-state index < -0.39 is 15.9 Å². The Morgan fingerprint density at radius 1 is 1.00 bits per heavy atom. The number of thiophene rings is 1. The van der Waals surface area contributed by atoms with Crippen LogP contribution in [-0.2, 0) is 10.0 Å². The lowest BCUT2D eigenvalue weighted by Crippen LogP contribution is -2.19. The van der Waals surface area contributed by atoms with Crippen molar-refractivity contribution in [1.82, 2.24) is 0 Å². The molecule has 29 heavy (non-hydrogen) atoms. The Morgan fingerprint density at radius 2 is 1.76 bits per heavy atom. The van der Waals surface area contributed by atoms with Gasteiger partial charge < -0.3 is 14.8 Å². The topological polar surface area (TPSA) is 93.7 Å². The number of hydrogen-bond donors (Lipinski definition) is 2.